The van der Waals surface area contributed by atoms with E-state index in [2.05, 4.69) is 9.97 Å². The highest BCUT2D eigenvalue weighted by Gasteiger charge is 2.13. The number of aromatic amines is 1. The van der Waals surface area contributed by atoms with Gasteiger partial charge in [0.25, 0.3) is 5.56 Å². The van der Waals surface area contributed by atoms with E-state index in [0.717, 1.165) is 0 Å². The molecule has 0 saturated heterocycles. The number of halogens is 1. The van der Waals surface area contributed by atoms with E-state index in [4.69, 9.17) is 21.1 Å². The fraction of sp³-hybridized carbons (Fsp3) is 0.200. The molecule has 0 saturated carbocycles. The van der Waals surface area contributed by atoms with Crippen LogP contribution in [0.4, 0.5) is 0 Å². The lowest BCUT2D eigenvalue weighted by Gasteiger charge is -2.07. The second-order valence-corrected chi connectivity index (χ2v) is 6.37. The Morgan fingerprint density at radius 2 is 1.96 bits per heavy atom. The Balaban J connectivity index is 1.55. The maximum atomic E-state index is 12.1. The number of Topliss-reactive ketones (excluding diaryl/α,β-unsaturated/α-hetero) is 1. The fourth-order valence-electron chi connectivity index (χ4n) is 2.62. The number of nitrogens with one attached hydrogen (secondary N) is 1. The number of aryl methyl sites for hydroxylation is 1. The molecule has 0 spiro atoms. The number of benzene rings is 2. The van der Waals surface area contributed by atoms with Crippen LogP contribution in [0.2, 0.25) is 5.02 Å². The zero-order chi connectivity index (χ0) is 20.1. The average Bonchev–Trinajstić information content (AvgIpc) is 2.70. The summed E-state index contributed by atoms with van der Waals surface area (Å²) in [6.07, 6.45) is 0.180. The predicted molar refractivity (Wildman–Crippen MR) is 104 cm³/mol. The minimum Gasteiger partial charge on any atom is -0.495 e. The van der Waals surface area contributed by atoms with Gasteiger partial charge in [0, 0.05) is 12.0 Å². The first kappa shape index (κ1) is 19.6. The van der Waals surface area contributed by atoms with Crippen LogP contribution in [0.25, 0.3) is 10.9 Å². The molecule has 3 rings (SSSR count). The topological polar surface area (TPSA) is 98.3 Å². The second-order valence-electron chi connectivity index (χ2n) is 5.96. The fourth-order valence-corrected chi connectivity index (χ4v) is 2.87. The lowest BCUT2D eigenvalue weighted by Crippen LogP contribution is -2.16. The van der Waals surface area contributed by atoms with Crippen LogP contribution in [-0.4, -0.2) is 35.4 Å². The molecule has 0 aliphatic rings. The number of methoxy groups -OCH3 is 1. The summed E-state index contributed by atoms with van der Waals surface area (Å²) in [5, 5.41) is 0.781. The molecule has 1 aromatic heterocycles. The number of nitrogens with zero attached hydrogens (tertiary/aromatic N) is 1. The summed E-state index contributed by atoms with van der Waals surface area (Å²) in [6, 6.07) is 11.5. The molecule has 0 aliphatic carbocycles. The van der Waals surface area contributed by atoms with E-state index in [-0.39, 0.29) is 24.2 Å². The maximum absolute atomic E-state index is 12.1. The third-order valence-corrected chi connectivity index (χ3v) is 4.36. The summed E-state index contributed by atoms with van der Waals surface area (Å²) in [4.78, 5) is 43.0. The van der Waals surface area contributed by atoms with Crippen LogP contribution in [0, 0.1) is 0 Å². The van der Waals surface area contributed by atoms with Gasteiger partial charge in [0.1, 0.15) is 11.6 Å². The maximum Gasteiger partial charge on any atom is 0.306 e. The number of rotatable bonds is 7. The minimum atomic E-state index is -0.566. The van der Waals surface area contributed by atoms with Crippen molar-refractivity contribution in [2.45, 2.75) is 12.8 Å². The van der Waals surface area contributed by atoms with Crippen molar-refractivity contribution in [1.82, 2.24) is 9.97 Å². The number of hydrogen-bond acceptors (Lipinski definition) is 6. The average molecular weight is 401 g/mol. The van der Waals surface area contributed by atoms with Crippen LogP contribution in [0.5, 0.6) is 5.75 Å². The van der Waals surface area contributed by atoms with E-state index in [0.29, 0.717) is 33.1 Å². The molecule has 3 aromatic rings. The molecule has 144 valence electrons. The highest BCUT2D eigenvalue weighted by atomic mass is 35.5. The van der Waals surface area contributed by atoms with Gasteiger partial charge in [-0.25, -0.2) is 4.98 Å². The van der Waals surface area contributed by atoms with Gasteiger partial charge in [-0.1, -0.05) is 23.7 Å². The van der Waals surface area contributed by atoms with E-state index in [1.54, 1.807) is 36.4 Å². The minimum absolute atomic E-state index is 0.0159. The molecular weight excluding hydrogens is 384 g/mol. The first-order valence-corrected chi connectivity index (χ1v) is 8.86. The third kappa shape index (κ3) is 4.55. The standard InChI is InChI=1S/C20H17ClN2O5/c1-27-17-7-6-12(10-14(17)21)16(24)11-28-19(25)9-8-18-22-15-5-3-2-4-13(15)20(26)23-18/h2-7,10H,8-9,11H2,1H3,(H,22,23,26). The predicted octanol–water partition coefficient (Wildman–Crippen LogP) is 2.94. The van der Waals surface area contributed by atoms with Gasteiger partial charge in [-0.05, 0) is 30.3 Å². The normalized spacial score (nSPS) is 10.6. The number of hydrogen-bond donors (Lipinski definition) is 1. The number of esters is 1. The molecule has 0 amide bonds. The molecule has 0 aliphatic heterocycles. The summed E-state index contributed by atoms with van der Waals surface area (Å²) in [6.45, 7) is -0.400. The highest BCUT2D eigenvalue weighted by molar-refractivity contribution is 6.32. The van der Waals surface area contributed by atoms with Crippen molar-refractivity contribution >= 4 is 34.3 Å². The lowest BCUT2D eigenvalue weighted by atomic mass is 10.1. The molecule has 2 aromatic carbocycles. The van der Waals surface area contributed by atoms with E-state index in [1.165, 1.54) is 13.2 Å². The number of para-hydroxylation sites is 1. The van der Waals surface area contributed by atoms with Gasteiger partial charge in [-0.3, -0.25) is 14.4 Å². The number of H-pyrrole nitrogens is 1. The number of ether oxygens (including phenoxy) is 2. The van der Waals surface area contributed by atoms with E-state index >= 15 is 0 Å². The number of aromatic nitrogens is 2. The zero-order valence-corrected chi connectivity index (χ0v) is 15.8. The molecule has 7 nitrogen and oxygen atoms in total. The van der Waals surface area contributed by atoms with Crippen LogP contribution in [0.1, 0.15) is 22.6 Å². The molecule has 1 N–H and O–H groups in total. The Morgan fingerprint density at radius 3 is 2.71 bits per heavy atom. The van der Waals surface area contributed by atoms with Crippen molar-refractivity contribution in [2.75, 3.05) is 13.7 Å². The molecule has 8 heteroatoms. The van der Waals surface area contributed by atoms with Crippen LogP contribution < -0.4 is 10.3 Å². The largest absolute Gasteiger partial charge is 0.495 e. The van der Waals surface area contributed by atoms with Gasteiger partial charge < -0.3 is 14.5 Å². The van der Waals surface area contributed by atoms with Gasteiger partial charge in [0.05, 0.1) is 29.5 Å². The highest BCUT2D eigenvalue weighted by Crippen LogP contribution is 2.25. The van der Waals surface area contributed by atoms with Gasteiger partial charge in [0.15, 0.2) is 12.4 Å². The van der Waals surface area contributed by atoms with Crippen molar-refractivity contribution in [1.29, 1.82) is 0 Å². The molecular formula is C20H17ClN2O5. The molecule has 28 heavy (non-hydrogen) atoms. The Hall–Kier alpha value is -3.19. The van der Waals surface area contributed by atoms with Gasteiger partial charge in [-0.15, -0.1) is 0 Å². The zero-order valence-electron chi connectivity index (χ0n) is 15.0. The van der Waals surface area contributed by atoms with Crippen LogP contribution in [0.15, 0.2) is 47.3 Å². The Labute approximate surface area is 165 Å². The van der Waals surface area contributed by atoms with Crippen molar-refractivity contribution in [2.24, 2.45) is 0 Å². The van der Waals surface area contributed by atoms with Crippen LogP contribution in [-0.2, 0) is 16.0 Å². The van der Waals surface area contributed by atoms with Crippen molar-refractivity contribution in [3.8, 4) is 5.75 Å². The monoisotopic (exact) mass is 400 g/mol. The number of carbonyl (C=O) groups is 2. The van der Waals surface area contributed by atoms with Crippen LogP contribution >= 0.6 is 11.6 Å². The van der Waals surface area contributed by atoms with Gasteiger partial charge in [-0.2, -0.15) is 0 Å². The summed E-state index contributed by atoms with van der Waals surface area (Å²) < 4.78 is 10.0. The Morgan fingerprint density at radius 1 is 1.18 bits per heavy atom. The van der Waals surface area contributed by atoms with Crippen LogP contribution in [0.3, 0.4) is 0 Å². The second kappa shape index (κ2) is 8.67. The summed E-state index contributed by atoms with van der Waals surface area (Å²) in [5.41, 5.74) is 0.612. The molecule has 0 unspecified atom stereocenters. The first-order valence-electron chi connectivity index (χ1n) is 8.48. The van der Waals surface area contributed by atoms with Gasteiger partial charge >= 0.3 is 5.97 Å². The molecule has 0 radical (unpaired) electrons. The molecule has 0 fully saturated rings. The number of carbonyl (C=O) groups excluding carboxylic acids is 2. The number of fused-ring (bicyclic) bond motifs is 1. The SMILES string of the molecule is COc1ccc(C(=O)COC(=O)CCc2nc3ccccc3c(=O)[nH]2)cc1Cl. The summed E-state index contributed by atoms with van der Waals surface area (Å²) >= 11 is 5.99. The van der Waals surface area contributed by atoms with E-state index in [1.807, 2.05) is 0 Å². The van der Waals surface area contributed by atoms with E-state index in [9.17, 15) is 14.4 Å². The van der Waals surface area contributed by atoms with Gasteiger partial charge in [0.2, 0.25) is 0 Å². The molecule has 1 heterocycles. The van der Waals surface area contributed by atoms with E-state index < -0.39 is 12.6 Å². The smallest absolute Gasteiger partial charge is 0.306 e. The Kier molecular flexibility index (Phi) is 6.06. The third-order valence-electron chi connectivity index (χ3n) is 4.07. The number of ketones is 1. The van der Waals surface area contributed by atoms with Crippen molar-refractivity contribution < 1.29 is 19.1 Å². The molecule has 0 bridgehead atoms. The molecule has 0 atom stereocenters. The van der Waals surface area contributed by atoms with Crippen molar-refractivity contribution in [3.05, 3.63) is 69.2 Å². The lowest BCUT2D eigenvalue weighted by molar-refractivity contribution is -0.142. The summed E-state index contributed by atoms with van der Waals surface area (Å²) in [7, 11) is 1.47. The first-order chi connectivity index (χ1) is 13.5. The summed E-state index contributed by atoms with van der Waals surface area (Å²) in [5.74, 6) is -0.111. The quantitative estimate of drug-likeness (QED) is 0.483. The Bertz CT molecular complexity index is 1090. The van der Waals surface area contributed by atoms with Crippen molar-refractivity contribution in [3.63, 3.8) is 0 Å².